The van der Waals surface area contributed by atoms with Crippen LogP contribution in [-0.2, 0) is 0 Å². The Hall–Kier alpha value is -2.83. The summed E-state index contributed by atoms with van der Waals surface area (Å²) in [7, 11) is 0. The standard InChI is InChI=1S/C18H14Cl2N4O2/c1-10(11-2-5-13(25)6-3-11)21-24-18(26)17-9-16(22-23-17)14-7-4-12(19)8-15(14)20/h2-9,25H,1H3,(H,22,23)(H,24,26)/b21-10+. The lowest BCUT2D eigenvalue weighted by Gasteiger charge is -2.02. The lowest BCUT2D eigenvalue weighted by Crippen LogP contribution is -2.19. The number of H-pyrrole nitrogens is 1. The number of carbonyl (C=O) groups is 1. The lowest BCUT2D eigenvalue weighted by atomic mass is 10.1. The van der Waals surface area contributed by atoms with Crippen molar-refractivity contribution in [3.63, 3.8) is 0 Å². The molecule has 0 bridgehead atoms. The van der Waals surface area contributed by atoms with Crippen molar-refractivity contribution in [2.24, 2.45) is 5.10 Å². The number of phenolic OH excluding ortho intramolecular Hbond substituents is 1. The van der Waals surface area contributed by atoms with Crippen LogP contribution in [0.3, 0.4) is 0 Å². The molecule has 0 radical (unpaired) electrons. The number of amides is 1. The highest BCUT2D eigenvalue weighted by molar-refractivity contribution is 6.36. The fraction of sp³-hybridized carbons (Fsp3) is 0.0556. The number of phenols is 1. The lowest BCUT2D eigenvalue weighted by molar-refractivity contribution is 0.0950. The van der Waals surface area contributed by atoms with Gasteiger partial charge < -0.3 is 5.11 Å². The van der Waals surface area contributed by atoms with E-state index in [4.69, 9.17) is 23.2 Å². The van der Waals surface area contributed by atoms with Gasteiger partial charge in [-0.1, -0.05) is 23.2 Å². The maximum Gasteiger partial charge on any atom is 0.289 e. The number of hydrogen-bond acceptors (Lipinski definition) is 4. The average molecular weight is 389 g/mol. The first-order chi connectivity index (χ1) is 12.4. The smallest absolute Gasteiger partial charge is 0.289 e. The molecule has 0 atom stereocenters. The molecule has 0 aliphatic rings. The third kappa shape index (κ3) is 4.04. The second-order valence-electron chi connectivity index (χ2n) is 5.48. The van der Waals surface area contributed by atoms with Gasteiger partial charge in [0.25, 0.3) is 5.91 Å². The third-order valence-corrected chi connectivity index (χ3v) is 4.19. The van der Waals surface area contributed by atoms with Gasteiger partial charge in [0.05, 0.1) is 16.4 Å². The molecule has 3 rings (SSSR count). The van der Waals surface area contributed by atoms with Crippen LogP contribution >= 0.6 is 23.2 Å². The molecule has 132 valence electrons. The van der Waals surface area contributed by atoms with Crippen LogP contribution in [0.2, 0.25) is 10.0 Å². The molecule has 8 heteroatoms. The van der Waals surface area contributed by atoms with E-state index < -0.39 is 5.91 Å². The van der Waals surface area contributed by atoms with Crippen molar-refractivity contribution in [1.82, 2.24) is 15.6 Å². The Bertz CT molecular complexity index is 981. The number of nitrogens with one attached hydrogen (secondary N) is 2. The summed E-state index contributed by atoms with van der Waals surface area (Å²) in [5, 5.41) is 21.1. The van der Waals surface area contributed by atoms with E-state index in [-0.39, 0.29) is 11.4 Å². The number of aromatic amines is 1. The maximum absolute atomic E-state index is 12.2. The molecular formula is C18H14Cl2N4O2. The van der Waals surface area contributed by atoms with Gasteiger partial charge in [0.2, 0.25) is 0 Å². The zero-order valence-electron chi connectivity index (χ0n) is 13.6. The molecule has 26 heavy (non-hydrogen) atoms. The summed E-state index contributed by atoms with van der Waals surface area (Å²) in [6.07, 6.45) is 0. The molecule has 0 spiro atoms. The van der Waals surface area contributed by atoms with E-state index in [1.54, 1.807) is 55.5 Å². The van der Waals surface area contributed by atoms with Gasteiger partial charge in [-0.25, -0.2) is 5.43 Å². The summed E-state index contributed by atoms with van der Waals surface area (Å²) in [6, 6.07) is 13.1. The van der Waals surface area contributed by atoms with Crippen LogP contribution in [0.4, 0.5) is 0 Å². The van der Waals surface area contributed by atoms with Crippen molar-refractivity contribution in [2.75, 3.05) is 0 Å². The number of halogens is 2. The van der Waals surface area contributed by atoms with Gasteiger partial charge in [-0.05, 0) is 61.0 Å². The maximum atomic E-state index is 12.2. The van der Waals surface area contributed by atoms with Crippen molar-refractivity contribution in [1.29, 1.82) is 0 Å². The number of hydrogen-bond donors (Lipinski definition) is 3. The summed E-state index contributed by atoms with van der Waals surface area (Å²) in [6.45, 7) is 1.75. The Balaban J connectivity index is 1.74. The fourth-order valence-electron chi connectivity index (χ4n) is 2.24. The summed E-state index contributed by atoms with van der Waals surface area (Å²) < 4.78 is 0. The van der Waals surface area contributed by atoms with Crippen LogP contribution in [0.15, 0.2) is 53.6 Å². The van der Waals surface area contributed by atoms with Crippen LogP contribution in [0.5, 0.6) is 5.75 Å². The normalized spacial score (nSPS) is 11.4. The Labute approximate surface area is 159 Å². The molecule has 0 saturated heterocycles. The predicted octanol–water partition coefficient (Wildman–Crippen LogP) is 4.24. The first kappa shape index (κ1) is 18.0. The summed E-state index contributed by atoms with van der Waals surface area (Å²) in [4.78, 5) is 12.2. The highest BCUT2D eigenvalue weighted by Crippen LogP contribution is 2.29. The molecule has 1 amide bonds. The number of benzene rings is 2. The highest BCUT2D eigenvalue weighted by Gasteiger charge is 2.13. The SMILES string of the molecule is C/C(=N\NC(=O)c1cc(-c2ccc(Cl)cc2Cl)n[nH]1)c1ccc(O)cc1. The van der Waals surface area contributed by atoms with Gasteiger partial charge in [-0.3, -0.25) is 9.89 Å². The number of rotatable bonds is 4. The molecular weight excluding hydrogens is 375 g/mol. The molecule has 0 unspecified atom stereocenters. The molecule has 1 heterocycles. The van der Waals surface area contributed by atoms with Crippen molar-refractivity contribution < 1.29 is 9.90 Å². The molecule has 0 aliphatic carbocycles. The van der Waals surface area contributed by atoms with E-state index in [1.165, 1.54) is 0 Å². The minimum Gasteiger partial charge on any atom is -0.508 e. The van der Waals surface area contributed by atoms with Crippen molar-refractivity contribution in [3.05, 3.63) is 69.8 Å². The molecule has 0 aliphatic heterocycles. The number of hydrazone groups is 1. The first-order valence-corrected chi connectivity index (χ1v) is 8.34. The van der Waals surface area contributed by atoms with Crippen LogP contribution < -0.4 is 5.43 Å². The van der Waals surface area contributed by atoms with E-state index >= 15 is 0 Å². The number of aromatic nitrogens is 2. The monoisotopic (exact) mass is 388 g/mol. The zero-order chi connectivity index (χ0) is 18.7. The van der Waals surface area contributed by atoms with Crippen molar-refractivity contribution in [3.8, 4) is 17.0 Å². The number of aromatic hydroxyl groups is 1. The molecule has 3 N–H and O–H groups in total. The highest BCUT2D eigenvalue weighted by atomic mass is 35.5. The summed E-state index contributed by atoms with van der Waals surface area (Å²) >= 11 is 12.0. The third-order valence-electron chi connectivity index (χ3n) is 3.64. The summed E-state index contributed by atoms with van der Waals surface area (Å²) in [5.41, 5.74) is 5.27. The Morgan fingerprint density at radius 3 is 2.58 bits per heavy atom. The molecule has 6 nitrogen and oxygen atoms in total. The van der Waals surface area contributed by atoms with Gasteiger partial charge in [-0.2, -0.15) is 10.2 Å². The van der Waals surface area contributed by atoms with E-state index in [9.17, 15) is 9.90 Å². The van der Waals surface area contributed by atoms with Crippen LogP contribution in [-0.4, -0.2) is 26.9 Å². The minimum absolute atomic E-state index is 0.163. The van der Waals surface area contributed by atoms with Crippen LogP contribution in [0.25, 0.3) is 11.3 Å². The van der Waals surface area contributed by atoms with Gasteiger partial charge in [0.15, 0.2) is 0 Å². The Morgan fingerprint density at radius 2 is 1.88 bits per heavy atom. The van der Waals surface area contributed by atoms with Crippen molar-refractivity contribution >= 4 is 34.8 Å². The van der Waals surface area contributed by atoms with E-state index in [2.05, 4.69) is 20.7 Å². The van der Waals surface area contributed by atoms with Gasteiger partial charge in [0.1, 0.15) is 11.4 Å². The molecule has 0 fully saturated rings. The quantitative estimate of drug-likeness (QED) is 0.460. The second-order valence-corrected chi connectivity index (χ2v) is 6.32. The van der Waals surface area contributed by atoms with Crippen LogP contribution in [0, 0.1) is 0 Å². The molecule has 1 aromatic heterocycles. The Morgan fingerprint density at radius 1 is 1.15 bits per heavy atom. The van der Waals surface area contributed by atoms with E-state index in [0.29, 0.717) is 27.0 Å². The van der Waals surface area contributed by atoms with E-state index in [1.807, 2.05) is 0 Å². The van der Waals surface area contributed by atoms with E-state index in [0.717, 1.165) is 5.56 Å². The molecule has 3 aromatic rings. The first-order valence-electron chi connectivity index (χ1n) is 7.59. The van der Waals surface area contributed by atoms with Gasteiger partial charge >= 0.3 is 0 Å². The molecule has 2 aromatic carbocycles. The second kappa shape index (κ2) is 7.59. The number of carbonyl (C=O) groups excluding carboxylic acids is 1. The minimum atomic E-state index is -0.438. The summed E-state index contributed by atoms with van der Waals surface area (Å²) in [5.74, 6) is -0.275. The predicted molar refractivity (Wildman–Crippen MR) is 102 cm³/mol. The topological polar surface area (TPSA) is 90.4 Å². The van der Waals surface area contributed by atoms with Gasteiger partial charge in [0, 0.05) is 10.6 Å². The van der Waals surface area contributed by atoms with Crippen molar-refractivity contribution in [2.45, 2.75) is 6.92 Å². The number of nitrogens with zero attached hydrogens (tertiary/aromatic N) is 2. The van der Waals surface area contributed by atoms with Gasteiger partial charge in [-0.15, -0.1) is 0 Å². The largest absolute Gasteiger partial charge is 0.508 e. The Kier molecular flexibility index (Phi) is 5.25. The zero-order valence-corrected chi connectivity index (χ0v) is 15.1. The molecule has 0 saturated carbocycles. The van der Waals surface area contributed by atoms with Crippen LogP contribution in [0.1, 0.15) is 23.0 Å². The fourth-order valence-corrected chi connectivity index (χ4v) is 2.74. The average Bonchev–Trinajstić information content (AvgIpc) is 3.10.